The van der Waals surface area contributed by atoms with Crippen LogP contribution in [0.15, 0.2) is 0 Å². The topological polar surface area (TPSA) is 64.6 Å². The number of rotatable bonds is 7. The molecule has 1 unspecified atom stereocenters. The summed E-state index contributed by atoms with van der Waals surface area (Å²) in [4.78, 5) is 23.6. The number of carbonyl (C=O) groups is 2. The Kier molecular flexibility index (Phi) is 6.65. The molecule has 0 saturated heterocycles. The lowest BCUT2D eigenvalue weighted by molar-refractivity contribution is -0.145. The Morgan fingerprint density at radius 3 is 2.50 bits per heavy atom. The molecule has 1 N–H and O–H groups in total. The number of esters is 1. The van der Waals surface area contributed by atoms with Crippen LogP contribution in [0.1, 0.15) is 40.5 Å². The number of nitrogens with one attached hydrogen (secondary N) is 1. The van der Waals surface area contributed by atoms with Gasteiger partial charge in [-0.1, -0.05) is 0 Å². The summed E-state index contributed by atoms with van der Waals surface area (Å²) < 4.78 is 10.2. The molecule has 1 aliphatic rings. The van der Waals surface area contributed by atoms with Crippen LogP contribution in [0.5, 0.6) is 0 Å². The first kappa shape index (κ1) is 17.1. The van der Waals surface area contributed by atoms with Crippen LogP contribution in [0.25, 0.3) is 0 Å². The molecule has 1 fully saturated rings. The van der Waals surface area contributed by atoms with E-state index in [1.807, 2.05) is 0 Å². The molecule has 0 aromatic carbocycles. The third-order valence-electron chi connectivity index (χ3n) is 2.60. The van der Waals surface area contributed by atoms with Crippen LogP contribution >= 0.6 is 11.8 Å². The average Bonchev–Trinajstić information content (AvgIpc) is 3.09. The van der Waals surface area contributed by atoms with E-state index >= 15 is 0 Å². The quantitative estimate of drug-likeness (QED) is 0.732. The minimum absolute atomic E-state index is 0.304. The van der Waals surface area contributed by atoms with E-state index in [4.69, 9.17) is 9.47 Å². The summed E-state index contributed by atoms with van der Waals surface area (Å²) in [6, 6.07) is -0.645. The van der Waals surface area contributed by atoms with Gasteiger partial charge in [0.15, 0.2) is 0 Å². The zero-order valence-electron chi connectivity index (χ0n) is 12.7. The van der Waals surface area contributed by atoms with Crippen molar-refractivity contribution in [2.45, 2.75) is 52.2 Å². The Labute approximate surface area is 125 Å². The van der Waals surface area contributed by atoms with E-state index in [0.717, 1.165) is 11.7 Å². The van der Waals surface area contributed by atoms with Crippen molar-refractivity contribution < 1.29 is 19.1 Å². The van der Waals surface area contributed by atoms with E-state index in [1.54, 1.807) is 39.5 Å². The lowest BCUT2D eigenvalue weighted by atomic mass is 10.2. The van der Waals surface area contributed by atoms with Crippen molar-refractivity contribution in [1.29, 1.82) is 0 Å². The molecule has 1 saturated carbocycles. The van der Waals surface area contributed by atoms with Gasteiger partial charge in [0.1, 0.15) is 11.6 Å². The smallest absolute Gasteiger partial charge is 0.408 e. The summed E-state index contributed by atoms with van der Waals surface area (Å²) in [7, 11) is 0. The average molecular weight is 303 g/mol. The van der Waals surface area contributed by atoms with E-state index in [2.05, 4.69) is 5.32 Å². The molecule has 6 heteroatoms. The molecule has 1 aliphatic carbocycles. The Bertz CT molecular complexity index is 337. The predicted molar refractivity (Wildman–Crippen MR) is 79.8 cm³/mol. The van der Waals surface area contributed by atoms with Crippen LogP contribution < -0.4 is 5.32 Å². The Morgan fingerprint density at radius 2 is 2.00 bits per heavy atom. The van der Waals surface area contributed by atoms with Crippen LogP contribution in [0, 0.1) is 5.92 Å². The van der Waals surface area contributed by atoms with Crippen LogP contribution in [0.4, 0.5) is 4.79 Å². The van der Waals surface area contributed by atoms with E-state index in [9.17, 15) is 9.59 Å². The zero-order chi connectivity index (χ0) is 15.2. The number of thioether (sulfide) groups is 1. The molecule has 0 heterocycles. The SMILES string of the molecule is CCOC(=O)C(CSCC1CC1)NC(=O)OC(C)(C)C. The molecular formula is C14H25NO4S. The minimum Gasteiger partial charge on any atom is -0.464 e. The molecule has 0 radical (unpaired) electrons. The highest BCUT2D eigenvalue weighted by molar-refractivity contribution is 7.99. The number of amides is 1. The van der Waals surface area contributed by atoms with Gasteiger partial charge in [-0.2, -0.15) is 11.8 Å². The second-order valence-electron chi connectivity index (χ2n) is 5.93. The van der Waals surface area contributed by atoms with Gasteiger partial charge < -0.3 is 14.8 Å². The van der Waals surface area contributed by atoms with E-state index in [0.29, 0.717) is 12.4 Å². The third kappa shape index (κ3) is 7.62. The van der Waals surface area contributed by atoms with Gasteiger partial charge in [0.25, 0.3) is 0 Å². The molecule has 0 spiro atoms. The van der Waals surface area contributed by atoms with E-state index < -0.39 is 23.7 Å². The monoisotopic (exact) mass is 303 g/mol. The molecule has 0 bridgehead atoms. The summed E-state index contributed by atoms with van der Waals surface area (Å²) >= 11 is 1.67. The lowest BCUT2D eigenvalue weighted by Crippen LogP contribution is -2.45. The fourth-order valence-electron chi connectivity index (χ4n) is 1.50. The number of ether oxygens (including phenoxy) is 2. The highest BCUT2D eigenvalue weighted by Crippen LogP contribution is 2.32. The second kappa shape index (κ2) is 7.76. The maximum absolute atomic E-state index is 11.8. The van der Waals surface area contributed by atoms with Gasteiger partial charge in [-0.3, -0.25) is 0 Å². The Balaban J connectivity index is 2.42. The van der Waals surface area contributed by atoms with Gasteiger partial charge in [0.05, 0.1) is 6.61 Å². The first-order valence-electron chi connectivity index (χ1n) is 7.05. The van der Waals surface area contributed by atoms with Crippen LogP contribution in [-0.4, -0.2) is 41.8 Å². The molecule has 20 heavy (non-hydrogen) atoms. The fourth-order valence-corrected chi connectivity index (χ4v) is 2.76. The standard InChI is InChI=1S/C14H25NO4S/c1-5-18-12(16)11(9-20-8-10-6-7-10)15-13(17)19-14(2,3)4/h10-11H,5-9H2,1-4H3,(H,15,17). The van der Waals surface area contributed by atoms with Gasteiger partial charge in [0, 0.05) is 5.75 Å². The minimum atomic E-state index is -0.645. The third-order valence-corrected chi connectivity index (χ3v) is 3.87. The van der Waals surface area contributed by atoms with Crippen molar-refractivity contribution in [2.24, 2.45) is 5.92 Å². The maximum atomic E-state index is 11.8. The largest absolute Gasteiger partial charge is 0.464 e. The first-order chi connectivity index (χ1) is 9.31. The maximum Gasteiger partial charge on any atom is 0.408 e. The van der Waals surface area contributed by atoms with Gasteiger partial charge >= 0.3 is 12.1 Å². The van der Waals surface area contributed by atoms with Crippen LogP contribution in [-0.2, 0) is 14.3 Å². The lowest BCUT2D eigenvalue weighted by Gasteiger charge is -2.22. The molecule has 5 nitrogen and oxygen atoms in total. The number of alkyl carbamates (subject to hydrolysis) is 1. The van der Waals surface area contributed by atoms with Crippen molar-refractivity contribution in [1.82, 2.24) is 5.32 Å². The van der Waals surface area contributed by atoms with Gasteiger partial charge in [-0.25, -0.2) is 9.59 Å². The normalized spacial score (nSPS) is 16.4. The molecule has 0 aromatic heterocycles. The number of carbonyl (C=O) groups excluding carboxylic acids is 2. The summed E-state index contributed by atoms with van der Waals surface area (Å²) in [5.41, 5.74) is -0.579. The Morgan fingerprint density at radius 1 is 1.35 bits per heavy atom. The van der Waals surface area contributed by atoms with Crippen molar-refractivity contribution in [3.63, 3.8) is 0 Å². The molecule has 1 rings (SSSR count). The molecule has 0 aliphatic heterocycles. The number of hydrogen-bond donors (Lipinski definition) is 1. The van der Waals surface area contributed by atoms with Crippen molar-refractivity contribution in [2.75, 3.05) is 18.1 Å². The summed E-state index contributed by atoms with van der Waals surface area (Å²) in [5, 5.41) is 2.60. The fraction of sp³-hybridized carbons (Fsp3) is 0.857. The van der Waals surface area contributed by atoms with Gasteiger partial charge in [-0.15, -0.1) is 0 Å². The predicted octanol–water partition coefficient (Wildman–Crippen LogP) is 2.59. The van der Waals surface area contributed by atoms with Crippen molar-refractivity contribution in [3.8, 4) is 0 Å². The van der Waals surface area contributed by atoms with Crippen molar-refractivity contribution in [3.05, 3.63) is 0 Å². The van der Waals surface area contributed by atoms with Crippen LogP contribution in [0.3, 0.4) is 0 Å². The highest BCUT2D eigenvalue weighted by atomic mass is 32.2. The van der Waals surface area contributed by atoms with Crippen molar-refractivity contribution >= 4 is 23.8 Å². The molecule has 116 valence electrons. The zero-order valence-corrected chi connectivity index (χ0v) is 13.5. The summed E-state index contributed by atoms with van der Waals surface area (Å²) in [6.07, 6.45) is 1.97. The Hall–Kier alpha value is -0.910. The summed E-state index contributed by atoms with van der Waals surface area (Å²) in [6.45, 7) is 7.41. The van der Waals surface area contributed by atoms with E-state index in [1.165, 1.54) is 12.8 Å². The molecule has 0 aromatic rings. The van der Waals surface area contributed by atoms with Gasteiger partial charge in [-0.05, 0) is 52.2 Å². The van der Waals surface area contributed by atoms with E-state index in [-0.39, 0.29) is 0 Å². The van der Waals surface area contributed by atoms with Crippen LogP contribution in [0.2, 0.25) is 0 Å². The molecular weight excluding hydrogens is 278 g/mol. The summed E-state index contributed by atoms with van der Waals surface area (Å²) in [5.74, 6) is 1.94. The first-order valence-corrected chi connectivity index (χ1v) is 8.21. The second-order valence-corrected chi connectivity index (χ2v) is 7.01. The number of hydrogen-bond acceptors (Lipinski definition) is 5. The highest BCUT2D eigenvalue weighted by Gasteiger charge is 2.27. The van der Waals surface area contributed by atoms with Gasteiger partial charge in [0.2, 0.25) is 0 Å². The molecule has 1 amide bonds. The molecule has 1 atom stereocenters.